The molecule has 2 aliphatic heterocycles. The average Bonchev–Trinajstić information content (AvgIpc) is 3.06. The second-order valence-electron chi connectivity index (χ2n) is 7.36. The smallest absolute Gasteiger partial charge is 0.105 e. The Labute approximate surface area is 155 Å². The lowest BCUT2D eigenvalue weighted by molar-refractivity contribution is 0.0136. The predicted molar refractivity (Wildman–Crippen MR) is 98.7 cm³/mol. The largest absolute Gasteiger partial charge is 0.381 e. The molecular formula is C20H28N4O2. The lowest BCUT2D eigenvalue weighted by Gasteiger charge is -2.37. The number of aryl methyl sites for hydroxylation is 1. The SMILES string of the molecule is Cn1nnc2c1CCN(CC1CCOCC1)[C@@H]2COCc1ccccc1. The normalized spacial score (nSPS) is 21.7. The summed E-state index contributed by atoms with van der Waals surface area (Å²) in [7, 11) is 1.99. The van der Waals surface area contributed by atoms with Crippen molar-refractivity contribution in [3.63, 3.8) is 0 Å². The molecular weight excluding hydrogens is 328 g/mol. The topological polar surface area (TPSA) is 52.4 Å². The van der Waals surface area contributed by atoms with Crippen molar-refractivity contribution in [3.8, 4) is 0 Å². The van der Waals surface area contributed by atoms with E-state index < -0.39 is 0 Å². The van der Waals surface area contributed by atoms with Gasteiger partial charge >= 0.3 is 0 Å². The summed E-state index contributed by atoms with van der Waals surface area (Å²) in [6.45, 7) is 5.22. The predicted octanol–water partition coefficient (Wildman–Crippen LogP) is 2.36. The minimum Gasteiger partial charge on any atom is -0.381 e. The summed E-state index contributed by atoms with van der Waals surface area (Å²) in [5.74, 6) is 0.707. The number of nitrogens with zero attached hydrogens (tertiary/aromatic N) is 4. The fourth-order valence-corrected chi connectivity index (χ4v) is 4.05. The fraction of sp³-hybridized carbons (Fsp3) is 0.600. The van der Waals surface area contributed by atoms with Gasteiger partial charge in [0, 0.05) is 39.8 Å². The molecule has 2 aliphatic rings. The zero-order chi connectivity index (χ0) is 17.8. The van der Waals surface area contributed by atoms with E-state index in [2.05, 4.69) is 39.5 Å². The number of hydrogen-bond acceptors (Lipinski definition) is 5. The van der Waals surface area contributed by atoms with Crippen LogP contribution in [0.1, 0.15) is 35.8 Å². The highest BCUT2D eigenvalue weighted by Crippen LogP contribution is 2.30. The number of fused-ring (bicyclic) bond motifs is 1. The zero-order valence-corrected chi connectivity index (χ0v) is 15.5. The van der Waals surface area contributed by atoms with Crippen molar-refractivity contribution < 1.29 is 9.47 Å². The average molecular weight is 356 g/mol. The molecule has 0 amide bonds. The molecule has 1 fully saturated rings. The molecule has 0 unspecified atom stereocenters. The van der Waals surface area contributed by atoms with Crippen LogP contribution in [0.3, 0.4) is 0 Å². The Morgan fingerprint density at radius 1 is 1.19 bits per heavy atom. The molecule has 6 heteroatoms. The van der Waals surface area contributed by atoms with Crippen LogP contribution in [0.4, 0.5) is 0 Å². The maximum absolute atomic E-state index is 6.10. The van der Waals surface area contributed by atoms with E-state index in [0.717, 1.165) is 51.3 Å². The van der Waals surface area contributed by atoms with Crippen molar-refractivity contribution in [2.75, 3.05) is 32.9 Å². The van der Waals surface area contributed by atoms with E-state index in [1.165, 1.54) is 11.3 Å². The van der Waals surface area contributed by atoms with Crippen molar-refractivity contribution in [2.45, 2.75) is 31.9 Å². The minimum absolute atomic E-state index is 0.194. The van der Waals surface area contributed by atoms with Crippen LogP contribution in [-0.4, -0.2) is 52.8 Å². The van der Waals surface area contributed by atoms with E-state index in [0.29, 0.717) is 19.1 Å². The van der Waals surface area contributed by atoms with Crippen LogP contribution in [-0.2, 0) is 29.5 Å². The molecule has 0 aliphatic carbocycles. The fourth-order valence-electron chi connectivity index (χ4n) is 4.05. The second-order valence-corrected chi connectivity index (χ2v) is 7.36. The summed E-state index contributed by atoms with van der Waals surface area (Å²) in [5, 5.41) is 8.73. The van der Waals surface area contributed by atoms with Gasteiger partial charge in [-0.2, -0.15) is 0 Å². The van der Waals surface area contributed by atoms with E-state index in [-0.39, 0.29) is 6.04 Å². The van der Waals surface area contributed by atoms with Gasteiger partial charge in [0.1, 0.15) is 5.69 Å². The summed E-state index contributed by atoms with van der Waals surface area (Å²) in [6, 6.07) is 10.5. The molecule has 1 saturated heterocycles. The van der Waals surface area contributed by atoms with Gasteiger partial charge in [0.05, 0.1) is 24.9 Å². The molecule has 6 nitrogen and oxygen atoms in total. The van der Waals surface area contributed by atoms with Gasteiger partial charge in [-0.25, -0.2) is 0 Å². The van der Waals surface area contributed by atoms with Crippen LogP contribution in [0.25, 0.3) is 0 Å². The number of benzene rings is 1. The minimum atomic E-state index is 0.194. The van der Waals surface area contributed by atoms with Crippen LogP contribution < -0.4 is 0 Å². The molecule has 0 bridgehead atoms. The highest BCUT2D eigenvalue weighted by molar-refractivity contribution is 5.19. The summed E-state index contributed by atoms with van der Waals surface area (Å²) >= 11 is 0. The van der Waals surface area contributed by atoms with Crippen molar-refractivity contribution in [3.05, 3.63) is 47.3 Å². The third-order valence-corrected chi connectivity index (χ3v) is 5.59. The lowest BCUT2D eigenvalue weighted by Crippen LogP contribution is -2.42. The first kappa shape index (κ1) is 17.6. The third kappa shape index (κ3) is 3.98. The Balaban J connectivity index is 1.44. The Bertz CT molecular complexity index is 697. The van der Waals surface area contributed by atoms with E-state index in [1.807, 2.05) is 17.8 Å². The van der Waals surface area contributed by atoms with E-state index in [1.54, 1.807) is 0 Å². The molecule has 0 radical (unpaired) electrons. The lowest BCUT2D eigenvalue weighted by atomic mass is 9.96. The van der Waals surface area contributed by atoms with Gasteiger partial charge in [-0.3, -0.25) is 9.58 Å². The van der Waals surface area contributed by atoms with E-state index in [4.69, 9.17) is 9.47 Å². The summed E-state index contributed by atoms with van der Waals surface area (Å²) < 4.78 is 13.5. The molecule has 0 spiro atoms. The summed E-state index contributed by atoms with van der Waals surface area (Å²) in [6.07, 6.45) is 3.32. The summed E-state index contributed by atoms with van der Waals surface area (Å²) in [4.78, 5) is 2.55. The van der Waals surface area contributed by atoms with Gasteiger partial charge in [-0.05, 0) is 24.3 Å². The number of hydrogen-bond donors (Lipinski definition) is 0. The van der Waals surface area contributed by atoms with Crippen molar-refractivity contribution in [1.82, 2.24) is 19.9 Å². The maximum atomic E-state index is 6.10. The highest BCUT2D eigenvalue weighted by Gasteiger charge is 2.33. The monoisotopic (exact) mass is 356 g/mol. The first-order chi connectivity index (χ1) is 12.8. The van der Waals surface area contributed by atoms with Gasteiger partial charge in [-0.15, -0.1) is 5.10 Å². The molecule has 1 aromatic heterocycles. The van der Waals surface area contributed by atoms with Crippen molar-refractivity contribution in [1.29, 1.82) is 0 Å². The first-order valence-corrected chi connectivity index (χ1v) is 9.63. The third-order valence-electron chi connectivity index (χ3n) is 5.59. The van der Waals surface area contributed by atoms with Crippen LogP contribution >= 0.6 is 0 Å². The van der Waals surface area contributed by atoms with Gasteiger partial charge in [0.15, 0.2) is 0 Å². The Morgan fingerprint density at radius 2 is 2.00 bits per heavy atom. The standard InChI is InChI=1S/C20H28N4O2/c1-23-18-7-10-24(13-16-8-11-25-12-9-16)19(20(18)21-22-23)15-26-14-17-5-3-2-4-6-17/h2-6,16,19H,7-15H2,1H3/t19-/m1/s1. The quantitative estimate of drug-likeness (QED) is 0.795. The molecule has 1 aromatic carbocycles. The van der Waals surface area contributed by atoms with Gasteiger partial charge in [0.25, 0.3) is 0 Å². The molecule has 0 N–H and O–H groups in total. The van der Waals surface area contributed by atoms with Gasteiger partial charge < -0.3 is 9.47 Å². The first-order valence-electron chi connectivity index (χ1n) is 9.63. The highest BCUT2D eigenvalue weighted by atomic mass is 16.5. The van der Waals surface area contributed by atoms with Crippen LogP contribution in [0, 0.1) is 5.92 Å². The Morgan fingerprint density at radius 3 is 2.81 bits per heavy atom. The molecule has 3 heterocycles. The molecule has 140 valence electrons. The summed E-state index contributed by atoms with van der Waals surface area (Å²) in [5.41, 5.74) is 3.55. The zero-order valence-electron chi connectivity index (χ0n) is 15.5. The number of ether oxygens (including phenoxy) is 2. The van der Waals surface area contributed by atoms with E-state index in [9.17, 15) is 0 Å². The second kappa shape index (κ2) is 8.29. The van der Waals surface area contributed by atoms with Crippen molar-refractivity contribution in [2.24, 2.45) is 13.0 Å². The maximum Gasteiger partial charge on any atom is 0.105 e. The molecule has 1 atom stereocenters. The van der Waals surface area contributed by atoms with E-state index >= 15 is 0 Å². The molecule has 0 saturated carbocycles. The number of rotatable bonds is 6. The van der Waals surface area contributed by atoms with Crippen LogP contribution in [0.15, 0.2) is 30.3 Å². The van der Waals surface area contributed by atoms with Crippen LogP contribution in [0.2, 0.25) is 0 Å². The van der Waals surface area contributed by atoms with Crippen molar-refractivity contribution >= 4 is 0 Å². The van der Waals surface area contributed by atoms with Crippen LogP contribution in [0.5, 0.6) is 0 Å². The number of aromatic nitrogens is 3. The Kier molecular flexibility index (Phi) is 5.62. The molecule has 2 aromatic rings. The Hall–Kier alpha value is -1.76. The van der Waals surface area contributed by atoms with Gasteiger partial charge in [0.2, 0.25) is 0 Å². The molecule has 26 heavy (non-hydrogen) atoms. The van der Waals surface area contributed by atoms with Gasteiger partial charge in [-0.1, -0.05) is 35.5 Å². The molecule has 4 rings (SSSR count).